The van der Waals surface area contributed by atoms with Crippen molar-refractivity contribution in [3.8, 4) is 0 Å². The summed E-state index contributed by atoms with van der Waals surface area (Å²) in [6.45, 7) is 2.19. The summed E-state index contributed by atoms with van der Waals surface area (Å²) in [4.78, 5) is 30.5. The molecule has 1 saturated heterocycles. The molecular formula is C22H20Cl2F2N4O2. The Morgan fingerprint density at radius 2 is 2.00 bits per heavy atom. The highest BCUT2D eigenvalue weighted by atomic mass is 35.5. The van der Waals surface area contributed by atoms with E-state index in [-0.39, 0.29) is 51.1 Å². The number of carbonyl (C=O) groups excluding carboxylic acids is 1. The predicted octanol–water partition coefficient (Wildman–Crippen LogP) is 4.47. The second-order valence-electron chi connectivity index (χ2n) is 7.86. The maximum atomic E-state index is 15.1. The van der Waals surface area contributed by atoms with Gasteiger partial charge in [-0.1, -0.05) is 30.1 Å². The Morgan fingerprint density at radius 3 is 2.72 bits per heavy atom. The number of nitrogens with one attached hydrogen (secondary N) is 1. The van der Waals surface area contributed by atoms with E-state index in [2.05, 4.69) is 10.3 Å². The summed E-state index contributed by atoms with van der Waals surface area (Å²) in [5.41, 5.74) is -1.33. The van der Waals surface area contributed by atoms with Crippen molar-refractivity contribution in [3.63, 3.8) is 0 Å². The molecule has 1 fully saturated rings. The fourth-order valence-electron chi connectivity index (χ4n) is 4.21. The van der Waals surface area contributed by atoms with Crippen LogP contribution in [-0.4, -0.2) is 33.4 Å². The Labute approximate surface area is 192 Å². The van der Waals surface area contributed by atoms with Crippen LogP contribution in [0.15, 0.2) is 35.4 Å². The Hall–Kier alpha value is -2.71. The number of aromatic nitrogens is 2. The van der Waals surface area contributed by atoms with Crippen molar-refractivity contribution >= 4 is 45.7 Å². The van der Waals surface area contributed by atoms with Crippen molar-refractivity contribution in [2.24, 2.45) is 7.05 Å². The summed E-state index contributed by atoms with van der Waals surface area (Å²) in [5, 5.41) is 3.43. The maximum Gasteiger partial charge on any atom is 0.261 e. The molecule has 1 aromatic heterocycles. The Balaban J connectivity index is 1.88. The largest absolute Gasteiger partial charge is 0.373 e. The molecule has 2 heterocycles. The van der Waals surface area contributed by atoms with E-state index >= 15 is 4.39 Å². The minimum Gasteiger partial charge on any atom is -0.373 e. The van der Waals surface area contributed by atoms with E-state index in [4.69, 9.17) is 23.2 Å². The fraction of sp³-hybridized carbons (Fsp3) is 0.318. The molecule has 0 spiro atoms. The van der Waals surface area contributed by atoms with Crippen molar-refractivity contribution in [1.29, 1.82) is 0 Å². The molecule has 1 N–H and O–H groups in total. The number of hydrogen-bond acceptors (Lipinski definition) is 4. The van der Waals surface area contributed by atoms with Crippen LogP contribution in [0.3, 0.4) is 0 Å². The Morgan fingerprint density at radius 1 is 1.25 bits per heavy atom. The first-order valence-corrected chi connectivity index (χ1v) is 10.8. The molecule has 1 aliphatic rings. The van der Waals surface area contributed by atoms with Crippen LogP contribution in [0.1, 0.15) is 25.3 Å². The number of amides is 1. The highest BCUT2D eigenvalue weighted by Crippen LogP contribution is 2.43. The molecule has 0 radical (unpaired) electrons. The molecule has 4 rings (SSSR count). The highest BCUT2D eigenvalue weighted by Gasteiger charge is 2.44. The first-order valence-electron chi connectivity index (χ1n) is 10.0. The van der Waals surface area contributed by atoms with Crippen LogP contribution in [0, 0.1) is 11.6 Å². The van der Waals surface area contributed by atoms with Crippen LogP contribution < -0.4 is 10.9 Å². The zero-order chi connectivity index (χ0) is 23.2. The lowest BCUT2D eigenvalue weighted by atomic mass is 9.87. The van der Waals surface area contributed by atoms with Gasteiger partial charge in [-0.3, -0.25) is 9.59 Å². The summed E-state index contributed by atoms with van der Waals surface area (Å²) < 4.78 is 31.1. The van der Waals surface area contributed by atoms with Gasteiger partial charge in [-0.25, -0.2) is 13.8 Å². The maximum absolute atomic E-state index is 15.1. The second-order valence-corrected chi connectivity index (χ2v) is 8.64. The summed E-state index contributed by atoms with van der Waals surface area (Å²) in [5.74, 6) is -1.40. The van der Waals surface area contributed by atoms with Crippen molar-refractivity contribution < 1.29 is 13.6 Å². The smallest absolute Gasteiger partial charge is 0.261 e. The lowest BCUT2D eigenvalue weighted by Gasteiger charge is -2.33. The lowest BCUT2D eigenvalue weighted by molar-refractivity contribution is -0.129. The zero-order valence-corrected chi connectivity index (χ0v) is 18.9. The van der Waals surface area contributed by atoms with E-state index < -0.39 is 22.7 Å². The number of benzene rings is 2. The average molecular weight is 481 g/mol. The summed E-state index contributed by atoms with van der Waals surface area (Å²) in [6, 6.07) is 5.22. The molecule has 1 amide bonds. The van der Waals surface area contributed by atoms with Crippen molar-refractivity contribution in [1.82, 2.24) is 14.5 Å². The third-order valence-corrected chi connectivity index (χ3v) is 6.61. The van der Waals surface area contributed by atoms with Crippen LogP contribution in [0.5, 0.6) is 0 Å². The van der Waals surface area contributed by atoms with E-state index in [1.54, 1.807) is 11.8 Å². The molecule has 1 atom stereocenters. The summed E-state index contributed by atoms with van der Waals surface area (Å²) in [6.07, 6.45) is 1.84. The quantitative estimate of drug-likeness (QED) is 0.559. The van der Waals surface area contributed by atoms with Gasteiger partial charge < -0.3 is 14.8 Å². The standard InChI is InChI=1S/C22H20Cl2F2N4O2/c1-3-17(31)30-7-6-22(10-30,18-15(25)5-4-14(23)19(18)24)28-12-8-13-20(16(26)9-12)27-11-29(2)21(13)32/h4-5,8-9,11,28H,3,6-7,10H2,1-2H3/t22-/m1/s1. The van der Waals surface area contributed by atoms with Crippen molar-refractivity contribution in [2.75, 3.05) is 18.4 Å². The van der Waals surface area contributed by atoms with Crippen LogP contribution in [-0.2, 0) is 17.4 Å². The topological polar surface area (TPSA) is 67.2 Å². The minimum absolute atomic E-state index is 0.0174. The molecule has 0 unspecified atom stereocenters. The second kappa shape index (κ2) is 8.33. The minimum atomic E-state index is -1.18. The number of likely N-dealkylation sites (tertiary alicyclic amines) is 1. The SMILES string of the molecule is CCC(=O)N1CC[C@](Nc2cc(F)c3ncn(C)c(=O)c3c2)(c2c(F)ccc(Cl)c2Cl)C1. The molecule has 0 aliphatic carbocycles. The van der Waals surface area contributed by atoms with Crippen LogP contribution >= 0.6 is 23.2 Å². The third-order valence-electron chi connectivity index (χ3n) is 5.80. The van der Waals surface area contributed by atoms with Crippen LogP contribution in [0.2, 0.25) is 10.0 Å². The first kappa shape index (κ1) is 22.5. The van der Waals surface area contributed by atoms with Gasteiger partial charge >= 0.3 is 0 Å². The number of hydrogen-bond donors (Lipinski definition) is 1. The van der Waals surface area contributed by atoms with Crippen molar-refractivity contribution in [3.05, 3.63) is 68.2 Å². The Kier molecular flexibility index (Phi) is 5.85. The van der Waals surface area contributed by atoms with Gasteiger partial charge in [0.05, 0.1) is 27.3 Å². The Bertz CT molecular complexity index is 1300. The van der Waals surface area contributed by atoms with E-state index in [1.807, 2.05) is 0 Å². The predicted molar refractivity (Wildman–Crippen MR) is 120 cm³/mol. The molecule has 168 valence electrons. The number of aryl methyl sites for hydroxylation is 1. The highest BCUT2D eigenvalue weighted by molar-refractivity contribution is 6.42. The molecule has 0 saturated carbocycles. The van der Waals surface area contributed by atoms with Gasteiger partial charge in [-0.15, -0.1) is 0 Å². The molecule has 3 aromatic rings. The number of anilines is 1. The number of halogens is 4. The lowest BCUT2D eigenvalue weighted by Crippen LogP contribution is -2.41. The molecule has 2 aromatic carbocycles. The molecule has 32 heavy (non-hydrogen) atoms. The monoisotopic (exact) mass is 480 g/mol. The van der Waals surface area contributed by atoms with Gasteiger partial charge in [0.1, 0.15) is 11.3 Å². The van der Waals surface area contributed by atoms with Crippen LogP contribution in [0.25, 0.3) is 10.9 Å². The van der Waals surface area contributed by atoms with Gasteiger partial charge in [0.25, 0.3) is 5.56 Å². The average Bonchev–Trinajstić information content (AvgIpc) is 3.18. The first-order chi connectivity index (χ1) is 15.2. The number of rotatable bonds is 4. The van der Waals surface area contributed by atoms with E-state index in [9.17, 15) is 14.0 Å². The van der Waals surface area contributed by atoms with E-state index in [0.29, 0.717) is 13.0 Å². The normalized spacial score (nSPS) is 18.4. The molecule has 0 bridgehead atoms. The van der Waals surface area contributed by atoms with Gasteiger partial charge in [0.15, 0.2) is 5.82 Å². The number of nitrogens with zero attached hydrogens (tertiary/aromatic N) is 3. The van der Waals surface area contributed by atoms with Gasteiger partial charge in [-0.2, -0.15) is 0 Å². The summed E-state index contributed by atoms with van der Waals surface area (Å²) in [7, 11) is 1.51. The molecule has 6 nitrogen and oxygen atoms in total. The number of carbonyl (C=O) groups is 1. The van der Waals surface area contributed by atoms with Gasteiger partial charge in [-0.05, 0) is 30.7 Å². The zero-order valence-electron chi connectivity index (χ0n) is 17.4. The molecule has 1 aliphatic heterocycles. The molecule has 10 heteroatoms. The van der Waals surface area contributed by atoms with E-state index in [0.717, 1.165) is 0 Å². The fourth-order valence-corrected chi connectivity index (χ4v) is 4.70. The van der Waals surface area contributed by atoms with Crippen molar-refractivity contribution in [2.45, 2.75) is 25.3 Å². The van der Waals surface area contributed by atoms with Crippen LogP contribution in [0.4, 0.5) is 14.5 Å². The van der Waals surface area contributed by atoms with Gasteiger partial charge in [0.2, 0.25) is 5.91 Å². The van der Waals surface area contributed by atoms with E-state index in [1.165, 1.54) is 42.2 Å². The third kappa shape index (κ3) is 3.71. The van der Waals surface area contributed by atoms with Gasteiger partial charge in [0, 0.05) is 37.8 Å². The molecular weight excluding hydrogens is 461 g/mol. The summed E-state index contributed by atoms with van der Waals surface area (Å²) >= 11 is 12.6. The number of fused-ring (bicyclic) bond motifs is 1.